The molecule has 1 saturated carbocycles. The Kier molecular flexibility index (Phi) is 5.56. The third kappa shape index (κ3) is 4.45. The zero-order valence-corrected chi connectivity index (χ0v) is 12.4. The fourth-order valence-corrected chi connectivity index (χ4v) is 2.98. The van der Waals surface area contributed by atoms with E-state index in [1.807, 2.05) is 6.92 Å². The minimum Gasteiger partial charge on any atom is -0.494 e. The molecule has 0 bridgehead atoms. The van der Waals surface area contributed by atoms with E-state index in [1.54, 1.807) is 0 Å². The maximum absolute atomic E-state index is 5.51. The second-order valence-electron chi connectivity index (χ2n) is 5.63. The molecular weight excluding hydrogens is 234 g/mol. The van der Waals surface area contributed by atoms with Gasteiger partial charge in [0.05, 0.1) is 6.61 Å². The minimum absolute atomic E-state index is 0.730. The van der Waals surface area contributed by atoms with Gasteiger partial charge in [0, 0.05) is 12.2 Å². The molecule has 0 amide bonds. The van der Waals surface area contributed by atoms with Gasteiger partial charge in [-0.25, -0.2) is 0 Å². The van der Waals surface area contributed by atoms with Crippen LogP contribution in [-0.2, 0) is 0 Å². The first-order chi connectivity index (χ1) is 9.29. The van der Waals surface area contributed by atoms with Crippen LogP contribution in [0, 0.1) is 12.8 Å². The highest BCUT2D eigenvalue weighted by molar-refractivity contribution is 5.53. The predicted octanol–water partition coefficient (Wildman–Crippen LogP) is 4.78. The van der Waals surface area contributed by atoms with Gasteiger partial charge in [0.2, 0.25) is 0 Å². The molecule has 1 aliphatic rings. The van der Waals surface area contributed by atoms with Gasteiger partial charge in [0.25, 0.3) is 0 Å². The number of rotatable bonds is 6. The number of aryl methyl sites for hydroxylation is 1. The van der Waals surface area contributed by atoms with Crippen LogP contribution in [0.3, 0.4) is 0 Å². The number of hydrogen-bond donors (Lipinski definition) is 1. The van der Waals surface area contributed by atoms with Gasteiger partial charge in [-0.05, 0) is 49.9 Å². The SMILES string of the molecule is CCOc1ccc(NCCC2CCCCC2)c(C)c1. The van der Waals surface area contributed by atoms with Crippen LogP contribution < -0.4 is 10.1 Å². The molecule has 0 spiro atoms. The van der Waals surface area contributed by atoms with Crippen molar-refractivity contribution >= 4 is 5.69 Å². The molecule has 0 radical (unpaired) electrons. The summed E-state index contributed by atoms with van der Waals surface area (Å²) in [6.45, 7) is 5.99. The Hall–Kier alpha value is -1.18. The second-order valence-corrected chi connectivity index (χ2v) is 5.63. The smallest absolute Gasteiger partial charge is 0.119 e. The lowest BCUT2D eigenvalue weighted by Gasteiger charge is -2.22. The molecule has 2 rings (SSSR count). The van der Waals surface area contributed by atoms with Crippen molar-refractivity contribution in [3.05, 3.63) is 23.8 Å². The van der Waals surface area contributed by atoms with Crippen molar-refractivity contribution in [3.8, 4) is 5.75 Å². The van der Waals surface area contributed by atoms with Crippen LogP contribution in [0.1, 0.15) is 51.0 Å². The molecular formula is C17H27NO. The van der Waals surface area contributed by atoms with Gasteiger partial charge in [0.1, 0.15) is 5.75 Å². The molecule has 0 aromatic heterocycles. The zero-order valence-electron chi connectivity index (χ0n) is 12.4. The number of hydrogen-bond acceptors (Lipinski definition) is 2. The van der Waals surface area contributed by atoms with Crippen LogP contribution in [-0.4, -0.2) is 13.2 Å². The van der Waals surface area contributed by atoms with E-state index >= 15 is 0 Å². The summed E-state index contributed by atoms with van der Waals surface area (Å²) in [6, 6.07) is 6.31. The summed E-state index contributed by atoms with van der Waals surface area (Å²) in [7, 11) is 0. The van der Waals surface area contributed by atoms with Crippen molar-refractivity contribution in [2.45, 2.75) is 52.4 Å². The molecule has 19 heavy (non-hydrogen) atoms. The fourth-order valence-electron chi connectivity index (χ4n) is 2.98. The van der Waals surface area contributed by atoms with E-state index in [1.165, 1.54) is 49.8 Å². The largest absolute Gasteiger partial charge is 0.494 e. The molecule has 0 atom stereocenters. The van der Waals surface area contributed by atoms with Crippen molar-refractivity contribution in [1.82, 2.24) is 0 Å². The van der Waals surface area contributed by atoms with Crippen LogP contribution in [0.2, 0.25) is 0 Å². The Bertz CT molecular complexity index is 383. The van der Waals surface area contributed by atoms with Gasteiger partial charge in [-0.2, -0.15) is 0 Å². The third-order valence-electron chi connectivity index (χ3n) is 4.10. The Morgan fingerprint density at radius 2 is 2.00 bits per heavy atom. The van der Waals surface area contributed by atoms with Gasteiger partial charge < -0.3 is 10.1 Å². The molecule has 106 valence electrons. The molecule has 2 nitrogen and oxygen atoms in total. The summed E-state index contributed by atoms with van der Waals surface area (Å²) in [6.07, 6.45) is 8.50. The average Bonchev–Trinajstić information content (AvgIpc) is 2.43. The monoisotopic (exact) mass is 261 g/mol. The summed E-state index contributed by atoms with van der Waals surface area (Å²) in [5.41, 5.74) is 2.52. The normalized spacial score (nSPS) is 16.3. The Morgan fingerprint density at radius 1 is 1.21 bits per heavy atom. The van der Waals surface area contributed by atoms with E-state index in [2.05, 4.69) is 30.4 Å². The number of nitrogens with one attached hydrogen (secondary N) is 1. The van der Waals surface area contributed by atoms with Crippen LogP contribution in [0.15, 0.2) is 18.2 Å². The van der Waals surface area contributed by atoms with E-state index in [0.29, 0.717) is 0 Å². The topological polar surface area (TPSA) is 21.3 Å². The lowest BCUT2D eigenvalue weighted by atomic mass is 9.87. The van der Waals surface area contributed by atoms with E-state index in [0.717, 1.165) is 24.8 Å². The molecule has 0 saturated heterocycles. The van der Waals surface area contributed by atoms with E-state index in [4.69, 9.17) is 4.74 Å². The van der Waals surface area contributed by atoms with Crippen LogP contribution in [0.4, 0.5) is 5.69 Å². The Balaban J connectivity index is 1.78. The van der Waals surface area contributed by atoms with Gasteiger partial charge in [-0.15, -0.1) is 0 Å². The minimum atomic E-state index is 0.730. The lowest BCUT2D eigenvalue weighted by molar-refractivity contribution is 0.340. The first-order valence-electron chi connectivity index (χ1n) is 7.77. The first-order valence-corrected chi connectivity index (χ1v) is 7.77. The lowest BCUT2D eigenvalue weighted by Crippen LogP contribution is -2.12. The molecule has 0 aliphatic heterocycles. The van der Waals surface area contributed by atoms with Crippen molar-refractivity contribution in [2.75, 3.05) is 18.5 Å². The van der Waals surface area contributed by atoms with Crippen LogP contribution in [0.25, 0.3) is 0 Å². The quantitative estimate of drug-likeness (QED) is 0.796. The summed E-state index contributed by atoms with van der Waals surface area (Å²) >= 11 is 0. The maximum atomic E-state index is 5.51. The van der Waals surface area contributed by atoms with Crippen LogP contribution in [0.5, 0.6) is 5.75 Å². The Labute approximate surface area is 117 Å². The highest BCUT2D eigenvalue weighted by atomic mass is 16.5. The van der Waals surface area contributed by atoms with E-state index in [-0.39, 0.29) is 0 Å². The summed E-state index contributed by atoms with van der Waals surface area (Å²) in [5, 5.41) is 3.57. The number of ether oxygens (including phenoxy) is 1. The highest BCUT2D eigenvalue weighted by Gasteiger charge is 2.12. The molecule has 1 fully saturated rings. The molecule has 0 heterocycles. The molecule has 2 heteroatoms. The number of anilines is 1. The molecule has 1 aliphatic carbocycles. The van der Waals surface area contributed by atoms with E-state index in [9.17, 15) is 0 Å². The molecule has 0 unspecified atom stereocenters. The van der Waals surface area contributed by atoms with Crippen molar-refractivity contribution < 1.29 is 4.74 Å². The second kappa shape index (κ2) is 7.42. The first kappa shape index (κ1) is 14.2. The summed E-state index contributed by atoms with van der Waals surface area (Å²) in [5.74, 6) is 1.92. The van der Waals surface area contributed by atoms with Gasteiger partial charge >= 0.3 is 0 Å². The van der Waals surface area contributed by atoms with Gasteiger partial charge in [0.15, 0.2) is 0 Å². The highest BCUT2D eigenvalue weighted by Crippen LogP contribution is 2.27. The number of benzene rings is 1. The van der Waals surface area contributed by atoms with Crippen molar-refractivity contribution in [3.63, 3.8) is 0 Å². The molecule has 1 aromatic rings. The predicted molar refractivity (Wildman–Crippen MR) is 82.0 cm³/mol. The van der Waals surface area contributed by atoms with Gasteiger partial charge in [-0.3, -0.25) is 0 Å². The summed E-state index contributed by atoms with van der Waals surface area (Å²) < 4.78 is 5.51. The maximum Gasteiger partial charge on any atom is 0.119 e. The third-order valence-corrected chi connectivity index (χ3v) is 4.10. The molecule has 1 aromatic carbocycles. The standard InChI is InChI=1S/C17H27NO/c1-3-19-16-9-10-17(14(2)13-16)18-12-11-15-7-5-4-6-8-15/h9-10,13,15,18H,3-8,11-12H2,1-2H3. The molecule has 1 N–H and O–H groups in total. The zero-order chi connectivity index (χ0) is 13.5. The average molecular weight is 261 g/mol. The van der Waals surface area contributed by atoms with Gasteiger partial charge in [-0.1, -0.05) is 32.1 Å². The Morgan fingerprint density at radius 3 is 2.68 bits per heavy atom. The fraction of sp³-hybridized carbons (Fsp3) is 0.647. The van der Waals surface area contributed by atoms with E-state index < -0.39 is 0 Å². The van der Waals surface area contributed by atoms with Crippen molar-refractivity contribution in [2.24, 2.45) is 5.92 Å². The summed E-state index contributed by atoms with van der Waals surface area (Å²) in [4.78, 5) is 0. The van der Waals surface area contributed by atoms with Crippen LogP contribution >= 0.6 is 0 Å². The van der Waals surface area contributed by atoms with Crippen molar-refractivity contribution in [1.29, 1.82) is 0 Å².